The number of hydrogen-bond acceptors (Lipinski definition) is 2. The molecule has 2 aromatic carbocycles. The third-order valence-corrected chi connectivity index (χ3v) is 4.79. The summed E-state index contributed by atoms with van der Waals surface area (Å²) in [5, 5.41) is 2.29. The molecule has 0 atom stereocenters. The molecule has 0 spiro atoms. The first-order chi connectivity index (χ1) is 13.1. The average Bonchev–Trinajstić information content (AvgIpc) is 3.12. The van der Waals surface area contributed by atoms with E-state index >= 15 is 0 Å². The molecule has 134 valence electrons. The van der Waals surface area contributed by atoms with Gasteiger partial charge in [-0.25, -0.2) is 5.01 Å². The maximum Gasteiger partial charge on any atom is 0.282 e. The SMILES string of the molecule is C=CCn1c(C)c(C=C2C(=O)NN(c3ccccc3)C2=O)c2ccccc21. The summed E-state index contributed by atoms with van der Waals surface area (Å²) < 4.78 is 2.13. The van der Waals surface area contributed by atoms with E-state index in [2.05, 4.69) is 16.6 Å². The van der Waals surface area contributed by atoms with Gasteiger partial charge in [0.25, 0.3) is 11.8 Å². The number of benzene rings is 2. The quantitative estimate of drug-likeness (QED) is 0.441. The molecule has 1 aliphatic rings. The van der Waals surface area contributed by atoms with Crippen LogP contribution in [0.2, 0.25) is 0 Å². The Labute approximate surface area is 157 Å². The van der Waals surface area contributed by atoms with Crippen molar-refractivity contribution in [1.82, 2.24) is 9.99 Å². The number of nitrogens with zero attached hydrogens (tertiary/aromatic N) is 2. The lowest BCUT2D eigenvalue weighted by Crippen LogP contribution is -2.35. The van der Waals surface area contributed by atoms with Crippen LogP contribution in [0.4, 0.5) is 5.69 Å². The number of allylic oxidation sites excluding steroid dienone is 1. The molecule has 1 fully saturated rings. The van der Waals surface area contributed by atoms with Crippen LogP contribution in [0.5, 0.6) is 0 Å². The first-order valence-corrected chi connectivity index (χ1v) is 8.72. The van der Waals surface area contributed by atoms with Crippen molar-refractivity contribution in [2.75, 3.05) is 5.01 Å². The van der Waals surface area contributed by atoms with Gasteiger partial charge in [0.05, 0.1) is 5.69 Å². The van der Waals surface area contributed by atoms with Gasteiger partial charge in [-0.2, -0.15) is 0 Å². The first-order valence-electron chi connectivity index (χ1n) is 8.72. The van der Waals surface area contributed by atoms with Crippen molar-refractivity contribution < 1.29 is 9.59 Å². The summed E-state index contributed by atoms with van der Waals surface area (Å²) in [7, 11) is 0. The van der Waals surface area contributed by atoms with Crippen LogP contribution in [0.15, 0.2) is 72.8 Å². The van der Waals surface area contributed by atoms with E-state index in [1.165, 1.54) is 5.01 Å². The van der Waals surface area contributed by atoms with E-state index in [0.29, 0.717) is 12.2 Å². The highest BCUT2D eigenvalue weighted by atomic mass is 16.2. The van der Waals surface area contributed by atoms with Crippen molar-refractivity contribution in [2.45, 2.75) is 13.5 Å². The molecule has 5 nitrogen and oxygen atoms in total. The Morgan fingerprint density at radius 2 is 1.74 bits per heavy atom. The van der Waals surface area contributed by atoms with E-state index in [9.17, 15) is 9.59 Å². The number of anilines is 1. The summed E-state index contributed by atoms with van der Waals surface area (Å²) in [5.74, 6) is -0.755. The van der Waals surface area contributed by atoms with E-state index in [-0.39, 0.29) is 11.5 Å². The molecule has 4 rings (SSSR count). The third-order valence-electron chi connectivity index (χ3n) is 4.79. The highest BCUT2D eigenvalue weighted by Gasteiger charge is 2.34. The largest absolute Gasteiger partial charge is 0.340 e. The zero-order valence-electron chi connectivity index (χ0n) is 15.0. The average molecular weight is 357 g/mol. The summed E-state index contributed by atoms with van der Waals surface area (Å²) in [6, 6.07) is 17.0. The van der Waals surface area contributed by atoms with E-state index in [1.54, 1.807) is 18.2 Å². The van der Waals surface area contributed by atoms with Gasteiger partial charge in [0.1, 0.15) is 5.57 Å². The fourth-order valence-electron chi connectivity index (χ4n) is 3.46. The molecular weight excluding hydrogens is 338 g/mol. The highest BCUT2D eigenvalue weighted by Crippen LogP contribution is 2.29. The summed E-state index contributed by atoms with van der Waals surface area (Å²) in [6.07, 6.45) is 3.53. The Morgan fingerprint density at radius 1 is 1.04 bits per heavy atom. The van der Waals surface area contributed by atoms with Crippen molar-refractivity contribution >= 4 is 34.5 Å². The molecule has 0 aliphatic carbocycles. The van der Waals surface area contributed by atoms with Crippen LogP contribution < -0.4 is 10.4 Å². The van der Waals surface area contributed by atoms with Crippen LogP contribution in [0, 0.1) is 6.92 Å². The molecule has 2 heterocycles. The maximum absolute atomic E-state index is 12.9. The van der Waals surface area contributed by atoms with Crippen molar-refractivity contribution in [3.63, 3.8) is 0 Å². The van der Waals surface area contributed by atoms with Gasteiger partial charge in [-0.1, -0.05) is 42.5 Å². The van der Waals surface area contributed by atoms with Crippen molar-refractivity contribution in [3.05, 3.63) is 84.1 Å². The molecule has 0 saturated carbocycles. The molecule has 3 aromatic rings. The van der Waals surface area contributed by atoms with Gasteiger partial charge in [-0.3, -0.25) is 15.0 Å². The third kappa shape index (κ3) is 2.73. The van der Waals surface area contributed by atoms with Crippen LogP contribution in [0.1, 0.15) is 11.3 Å². The van der Waals surface area contributed by atoms with Gasteiger partial charge < -0.3 is 4.57 Å². The number of carbonyl (C=O) groups is 2. The minimum Gasteiger partial charge on any atom is -0.340 e. The van der Waals surface area contributed by atoms with Crippen LogP contribution >= 0.6 is 0 Å². The van der Waals surface area contributed by atoms with Crippen LogP contribution in [-0.4, -0.2) is 16.4 Å². The molecule has 5 heteroatoms. The van der Waals surface area contributed by atoms with E-state index < -0.39 is 5.91 Å². The molecule has 27 heavy (non-hydrogen) atoms. The lowest BCUT2D eigenvalue weighted by atomic mass is 10.1. The molecule has 2 amide bonds. The highest BCUT2D eigenvalue weighted by molar-refractivity contribution is 6.32. The topological polar surface area (TPSA) is 54.3 Å². The van der Waals surface area contributed by atoms with Crippen molar-refractivity contribution in [1.29, 1.82) is 0 Å². The normalized spacial score (nSPS) is 15.6. The Bertz CT molecular complexity index is 1090. The molecule has 1 aromatic heterocycles. The Hall–Kier alpha value is -3.60. The number of fused-ring (bicyclic) bond motifs is 1. The van der Waals surface area contributed by atoms with Gasteiger partial charge in [-0.05, 0) is 31.2 Å². The van der Waals surface area contributed by atoms with Crippen LogP contribution in [-0.2, 0) is 16.1 Å². The second-order valence-electron chi connectivity index (χ2n) is 6.39. The fraction of sp³-hybridized carbons (Fsp3) is 0.0909. The van der Waals surface area contributed by atoms with E-state index in [1.807, 2.05) is 55.5 Å². The van der Waals surface area contributed by atoms with Gasteiger partial charge in [0, 0.05) is 28.7 Å². The zero-order valence-corrected chi connectivity index (χ0v) is 15.0. The van der Waals surface area contributed by atoms with Crippen LogP contribution in [0.25, 0.3) is 17.0 Å². The summed E-state index contributed by atoms with van der Waals surface area (Å²) in [4.78, 5) is 25.3. The number of aromatic nitrogens is 1. The Balaban J connectivity index is 1.82. The standard InChI is InChI=1S/C22H19N3O2/c1-3-13-24-15(2)18(17-11-7-8-12-20(17)24)14-19-21(26)23-25(22(19)27)16-9-5-4-6-10-16/h3-12,14H,1,13H2,2H3,(H,23,26). The maximum atomic E-state index is 12.9. The van der Waals surface area contributed by atoms with E-state index in [4.69, 9.17) is 0 Å². The molecule has 0 radical (unpaired) electrons. The van der Waals surface area contributed by atoms with Crippen LogP contribution in [0.3, 0.4) is 0 Å². The fourth-order valence-corrected chi connectivity index (χ4v) is 3.46. The summed E-state index contributed by atoms with van der Waals surface area (Å²) in [6.45, 7) is 6.47. The number of para-hydroxylation sites is 2. The number of hydrogen-bond donors (Lipinski definition) is 1. The Morgan fingerprint density at radius 3 is 2.48 bits per heavy atom. The number of carbonyl (C=O) groups excluding carboxylic acids is 2. The van der Waals surface area contributed by atoms with Gasteiger partial charge >= 0.3 is 0 Å². The minimum atomic E-state index is -0.399. The smallest absolute Gasteiger partial charge is 0.282 e. The number of amides is 2. The summed E-state index contributed by atoms with van der Waals surface area (Å²) >= 11 is 0. The summed E-state index contributed by atoms with van der Waals surface area (Å²) in [5.41, 5.74) is 6.31. The van der Waals surface area contributed by atoms with Gasteiger partial charge in [0.2, 0.25) is 0 Å². The Kier molecular flexibility index (Phi) is 4.12. The van der Waals surface area contributed by atoms with Gasteiger partial charge in [-0.15, -0.1) is 6.58 Å². The second-order valence-corrected chi connectivity index (χ2v) is 6.39. The molecule has 0 unspecified atom stereocenters. The van der Waals surface area contributed by atoms with Gasteiger partial charge in [0.15, 0.2) is 0 Å². The predicted molar refractivity (Wildman–Crippen MR) is 107 cm³/mol. The number of rotatable bonds is 4. The zero-order chi connectivity index (χ0) is 19.0. The molecule has 1 saturated heterocycles. The monoisotopic (exact) mass is 357 g/mol. The minimum absolute atomic E-state index is 0.128. The lowest BCUT2D eigenvalue weighted by Gasteiger charge is -2.13. The van der Waals surface area contributed by atoms with Crippen molar-refractivity contribution in [2.24, 2.45) is 0 Å². The number of nitrogens with one attached hydrogen (secondary N) is 1. The van der Waals surface area contributed by atoms with Crippen molar-refractivity contribution in [3.8, 4) is 0 Å². The first kappa shape index (κ1) is 16.8. The molecule has 1 N–H and O–H groups in total. The molecular formula is C22H19N3O2. The predicted octanol–water partition coefficient (Wildman–Crippen LogP) is 3.60. The molecule has 0 bridgehead atoms. The number of hydrazine groups is 1. The second kappa shape index (κ2) is 6.61. The lowest BCUT2D eigenvalue weighted by molar-refractivity contribution is -0.117. The molecule has 1 aliphatic heterocycles. The van der Waals surface area contributed by atoms with E-state index in [0.717, 1.165) is 22.2 Å².